The predicted molar refractivity (Wildman–Crippen MR) is 111 cm³/mol. The van der Waals surface area contributed by atoms with Crippen LogP contribution in [0.25, 0.3) is 0 Å². The lowest BCUT2D eigenvalue weighted by atomic mass is 10.2. The van der Waals surface area contributed by atoms with Gasteiger partial charge in [-0.15, -0.1) is 24.0 Å². The third-order valence-electron chi connectivity index (χ3n) is 3.97. The summed E-state index contributed by atoms with van der Waals surface area (Å²) in [6.07, 6.45) is 1.78. The zero-order valence-corrected chi connectivity index (χ0v) is 17.3. The van der Waals surface area contributed by atoms with Gasteiger partial charge in [0.2, 0.25) is 0 Å². The number of benzene rings is 1. The van der Waals surface area contributed by atoms with E-state index in [0.717, 1.165) is 45.1 Å². The van der Waals surface area contributed by atoms with E-state index in [1.165, 1.54) is 5.56 Å². The van der Waals surface area contributed by atoms with Gasteiger partial charge in [-0.3, -0.25) is 9.89 Å². The fraction of sp³-hybridized carbons (Fsp3) is 0.611. The predicted octanol–water partition coefficient (Wildman–Crippen LogP) is 2.47. The Morgan fingerprint density at radius 2 is 1.83 bits per heavy atom. The molecule has 0 aliphatic carbocycles. The Morgan fingerprint density at radius 1 is 1.17 bits per heavy atom. The van der Waals surface area contributed by atoms with Crippen LogP contribution in [-0.2, 0) is 11.3 Å². The fourth-order valence-electron chi connectivity index (χ4n) is 2.98. The monoisotopic (exact) mass is 446 g/mol. The summed E-state index contributed by atoms with van der Waals surface area (Å²) in [5, 5.41) is 6.73. The highest BCUT2D eigenvalue weighted by molar-refractivity contribution is 14.0. The molecular formula is C18H31IN4O. The number of nitrogens with one attached hydrogen (secondary N) is 2. The molecule has 1 fully saturated rings. The minimum atomic E-state index is 0. The maximum atomic E-state index is 5.77. The Kier molecular flexibility index (Phi) is 10.3. The van der Waals surface area contributed by atoms with Crippen molar-refractivity contribution in [2.45, 2.75) is 39.0 Å². The molecule has 2 unspecified atom stereocenters. The zero-order chi connectivity index (χ0) is 16.5. The third-order valence-corrected chi connectivity index (χ3v) is 3.97. The van der Waals surface area contributed by atoms with E-state index in [2.05, 4.69) is 58.6 Å². The number of halogens is 1. The summed E-state index contributed by atoms with van der Waals surface area (Å²) in [6.45, 7) is 9.18. The van der Waals surface area contributed by atoms with Crippen LogP contribution in [0.5, 0.6) is 0 Å². The van der Waals surface area contributed by atoms with E-state index in [9.17, 15) is 0 Å². The first kappa shape index (κ1) is 21.2. The lowest BCUT2D eigenvalue weighted by Crippen LogP contribution is -2.46. The molecular weight excluding hydrogens is 415 g/mol. The molecule has 5 nitrogen and oxygen atoms in total. The number of guanidine groups is 1. The van der Waals surface area contributed by atoms with Crippen molar-refractivity contribution in [3.8, 4) is 0 Å². The standard InChI is InChI=1S/C18H30N4O.HI/c1-15-13-22(14-16(2)23-15)11-7-10-20-18(19-3)21-12-17-8-5-4-6-9-17;/h4-6,8-9,15-16H,7,10-14H2,1-3H3,(H2,19,20,21);1H. The number of rotatable bonds is 6. The molecule has 0 saturated carbocycles. The summed E-state index contributed by atoms with van der Waals surface area (Å²) in [5.74, 6) is 0.859. The Hall–Kier alpha value is -0.860. The van der Waals surface area contributed by atoms with E-state index < -0.39 is 0 Å². The average molecular weight is 446 g/mol. The van der Waals surface area contributed by atoms with Crippen molar-refractivity contribution in [3.63, 3.8) is 0 Å². The van der Waals surface area contributed by atoms with Crippen LogP contribution in [0, 0.1) is 0 Å². The number of hydrogen-bond acceptors (Lipinski definition) is 3. The maximum Gasteiger partial charge on any atom is 0.191 e. The topological polar surface area (TPSA) is 48.9 Å². The first-order chi connectivity index (χ1) is 11.2. The lowest BCUT2D eigenvalue weighted by Gasteiger charge is -2.35. The fourth-order valence-corrected chi connectivity index (χ4v) is 2.98. The van der Waals surface area contributed by atoms with Gasteiger partial charge in [-0.05, 0) is 25.8 Å². The van der Waals surface area contributed by atoms with E-state index in [-0.39, 0.29) is 24.0 Å². The van der Waals surface area contributed by atoms with Crippen LogP contribution >= 0.6 is 24.0 Å². The molecule has 1 saturated heterocycles. The lowest BCUT2D eigenvalue weighted by molar-refractivity contribution is -0.0679. The first-order valence-electron chi connectivity index (χ1n) is 8.53. The SMILES string of the molecule is CN=C(NCCCN1CC(C)OC(C)C1)NCc1ccccc1.I. The van der Waals surface area contributed by atoms with Crippen molar-refractivity contribution in [1.82, 2.24) is 15.5 Å². The second kappa shape index (κ2) is 11.7. The van der Waals surface area contributed by atoms with E-state index in [1.807, 2.05) is 13.1 Å². The molecule has 0 bridgehead atoms. The van der Waals surface area contributed by atoms with Gasteiger partial charge in [-0.1, -0.05) is 30.3 Å². The molecule has 0 amide bonds. The van der Waals surface area contributed by atoms with Gasteiger partial charge in [0, 0.05) is 39.8 Å². The molecule has 1 aromatic carbocycles. The van der Waals surface area contributed by atoms with Crippen LogP contribution in [0.1, 0.15) is 25.8 Å². The molecule has 136 valence electrons. The quantitative estimate of drug-likeness (QED) is 0.305. The van der Waals surface area contributed by atoms with Crippen molar-refractivity contribution >= 4 is 29.9 Å². The van der Waals surface area contributed by atoms with Crippen LogP contribution < -0.4 is 10.6 Å². The van der Waals surface area contributed by atoms with Gasteiger partial charge in [0.15, 0.2) is 5.96 Å². The van der Waals surface area contributed by atoms with Gasteiger partial charge < -0.3 is 15.4 Å². The van der Waals surface area contributed by atoms with E-state index in [0.29, 0.717) is 12.2 Å². The molecule has 2 rings (SSSR count). The summed E-state index contributed by atoms with van der Waals surface area (Å²) in [6, 6.07) is 10.4. The van der Waals surface area contributed by atoms with E-state index in [1.54, 1.807) is 0 Å². The highest BCUT2D eigenvalue weighted by Crippen LogP contribution is 2.10. The molecule has 24 heavy (non-hydrogen) atoms. The third kappa shape index (κ3) is 7.81. The molecule has 2 atom stereocenters. The smallest absolute Gasteiger partial charge is 0.191 e. The Bertz CT molecular complexity index is 473. The van der Waals surface area contributed by atoms with Crippen LogP contribution in [0.3, 0.4) is 0 Å². The molecule has 1 heterocycles. The largest absolute Gasteiger partial charge is 0.373 e. The number of ether oxygens (including phenoxy) is 1. The van der Waals surface area contributed by atoms with Crippen molar-refractivity contribution in [1.29, 1.82) is 0 Å². The van der Waals surface area contributed by atoms with Crippen LogP contribution in [0.4, 0.5) is 0 Å². The molecule has 0 aromatic heterocycles. The van der Waals surface area contributed by atoms with Gasteiger partial charge in [-0.2, -0.15) is 0 Å². The second-order valence-corrected chi connectivity index (χ2v) is 6.21. The number of aliphatic imine (C=N–C) groups is 1. The van der Waals surface area contributed by atoms with Gasteiger partial charge in [0.25, 0.3) is 0 Å². The maximum absolute atomic E-state index is 5.77. The van der Waals surface area contributed by atoms with Crippen LogP contribution in [0.15, 0.2) is 35.3 Å². The average Bonchev–Trinajstić information content (AvgIpc) is 2.54. The summed E-state index contributed by atoms with van der Waals surface area (Å²) >= 11 is 0. The summed E-state index contributed by atoms with van der Waals surface area (Å²) in [7, 11) is 1.81. The molecule has 6 heteroatoms. The molecule has 0 radical (unpaired) electrons. The van der Waals surface area contributed by atoms with Crippen molar-refractivity contribution in [2.24, 2.45) is 4.99 Å². The van der Waals surface area contributed by atoms with Crippen LogP contribution in [0.2, 0.25) is 0 Å². The first-order valence-corrected chi connectivity index (χ1v) is 8.53. The highest BCUT2D eigenvalue weighted by atomic mass is 127. The van der Waals surface area contributed by atoms with E-state index in [4.69, 9.17) is 4.74 Å². The minimum Gasteiger partial charge on any atom is -0.373 e. The molecule has 1 aliphatic heterocycles. The molecule has 0 spiro atoms. The van der Waals surface area contributed by atoms with Crippen molar-refractivity contribution < 1.29 is 4.74 Å². The summed E-state index contributed by atoms with van der Waals surface area (Å²) in [5.41, 5.74) is 1.26. The molecule has 1 aliphatic rings. The van der Waals surface area contributed by atoms with E-state index >= 15 is 0 Å². The Labute approximate surface area is 163 Å². The van der Waals surface area contributed by atoms with Gasteiger partial charge in [0.05, 0.1) is 12.2 Å². The van der Waals surface area contributed by atoms with Crippen molar-refractivity contribution in [2.75, 3.05) is 33.2 Å². The summed E-state index contributed by atoms with van der Waals surface area (Å²) < 4.78 is 5.77. The van der Waals surface area contributed by atoms with Crippen LogP contribution in [-0.4, -0.2) is 56.3 Å². The normalized spacial score (nSPS) is 21.9. The summed E-state index contributed by atoms with van der Waals surface area (Å²) in [4.78, 5) is 6.76. The molecule has 2 N–H and O–H groups in total. The minimum absolute atomic E-state index is 0. The Balaban J connectivity index is 0.00000288. The zero-order valence-electron chi connectivity index (χ0n) is 15.0. The van der Waals surface area contributed by atoms with Gasteiger partial charge in [0.1, 0.15) is 0 Å². The highest BCUT2D eigenvalue weighted by Gasteiger charge is 2.21. The number of nitrogens with zero attached hydrogens (tertiary/aromatic N) is 2. The number of morpholine rings is 1. The number of hydrogen-bond donors (Lipinski definition) is 2. The second-order valence-electron chi connectivity index (χ2n) is 6.21. The molecule has 1 aromatic rings. The Morgan fingerprint density at radius 3 is 2.46 bits per heavy atom. The van der Waals surface area contributed by atoms with Crippen molar-refractivity contribution in [3.05, 3.63) is 35.9 Å². The van der Waals surface area contributed by atoms with Gasteiger partial charge in [-0.25, -0.2) is 0 Å². The van der Waals surface area contributed by atoms with Gasteiger partial charge >= 0.3 is 0 Å².